The van der Waals surface area contributed by atoms with Crippen molar-refractivity contribution in [2.24, 2.45) is 23.7 Å². The van der Waals surface area contributed by atoms with Gasteiger partial charge in [-0.3, -0.25) is 0 Å². The summed E-state index contributed by atoms with van der Waals surface area (Å²) in [5, 5.41) is 0.00718. The van der Waals surface area contributed by atoms with Crippen molar-refractivity contribution in [3.63, 3.8) is 0 Å². The number of hydrogen-bond acceptors (Lipinski definition) is 6. The number of carbonyl (C=O) groups excluding carboxylic acids is 2. The minimum Gasteiger partial charge on any atom is -0.458 e. The second-order valence-corrected chi connectivity index (χ2v) is 18.8. The molecule has 3 aliphatic rings. The van der Waals surface area contributed by atoms with Crippen molar-refractivity contribution in [3.05, 3.63) is 42.0 Å². The van der Waals surface area contributed by atoms with Crippen LogP contribution in [-0.2, 0) is 28.2 Å². The molecule has 6 nitrogen and oxygen atoms in total. The van der Waals surface area contributed by atoms with Crippen LogP contribution in [-0.4, -0.2) is 50.3 Å². The van der Waals surface area contributed by atoms with Crippen molar-refractivity contribution in [2.45, 2.75) is 109 Å². The van der Waals surface area contributed by atoms with E-state index in [0.717, 1.165) is 18.4 Å². The van der Waals surface area contributed by atoms with E-state index in [4.69, 9.17) is 18.6 Å². The zero-order valence-corrected chi connectivity index (χ0v) is 26.3. The third kappa shape index (κ3) is 5.64. The van der Waals surface area contributed by atoms with E-state index in [9.17, 15) is 9.59 Å². The Bertz CT molecular complexity index is 1080. The van der Waals surface area contributed by atoms with Gasteiger partial charge in [-0.2, -0.15) is 0 Å². The van der Waals surface area contributed by atoms with Gasteiger partial charge >= 0.3 is 11.9 Å². The Morgan fingerprint density at radius 1 is 1.13 bits per heavy atom. The Balaban J connectivity index is 1.57. The third-order valence-corrected chi connectivity index (χ3v) is 14.7. The summed E-state index contributed by atoms with van der Waals surface area (Å²) < 4.78 is 25.6. The van der Waals surface area contributed by atoms with Gasteiger partial charge in [-0.15, -0.1) is 0 Å². The highest BCUT2D eigenvalue weighted by molar-refractivity contribution is 6.74. The molecule has 7 heteroatoms. The minimum absolute atomic E-state index is 0.00718. The average Bonchev–Trinajstić information content (AvgIpc) is 3.37. The molecule has 216 valence electrons. The van der Waals surface area contributed by atoms with Gasteiger partial charge in [0.2, 0.25) is 0 Å². The fourth-order valence-corrected chi connectivity index (χ4v) is 7.70. The van der Waals surface area contributed by atoms with Crippen LogP contribution in [0.4, 0.5) is 0 Å². The van der Waals surface area contributed by atoms with Crippen molar-refractivity contribution in [2.75, 3.05) is 6.61 Å². The molecule has 1 saturated carbocycles. The first-order chi connectivity index (χ1) is 18.1. The second kappa shape index (κ2) is 10.8. The molecule has 2 aliphatic heterocycles. The zero-order valence-electron chi connectivity index (χ0n) is 25.3. The molecule has 1 aromatic rings. The lowest BCUT2D eigenvalue weighted by molar-refractivity contribution is -0.264. The smallest absolute Gasteiger partial charge is 0.331 e. The highest BCUT2D eigenvalue weighted by Gasteiger charge is 2.72. The van der Waals surface area contributed by atoms with E-state index < -0.39 is 31.7 Å². The summed E-state index contributed by atoms with van der Waals surface area (Å²) in [4.78, 5) is 26.3. The van der Waals surface area contributed by atoms with Crippen LogP contribution in [0.1, 0.15) is 73.3 Å². The molecule has 3 fully saturated rings. The predicted octanol–water partition coefficient (Wildman–Crippen LogP) is 6.79. The quantitative estimate of drug-likeness (QED) is 0.199. The van der Waals surface area contributed by atoms with Gasteiger partial charge < -0.3 is 18.6 Å². The van der Waals surface area contributed by atoms with E-state index in [-0.39, 0.29) is 41.3 Å². The Kier molecular flexibility index (Phi) is 8.30. The number of rotatable bonds is 8. The van der Waals surface area contributed by atoms with Crippen LogP contribution < -0.4 is 0 Å². The lowest BCUT2D eigenvalue weighted by Crippen LogP contribution is -2.62. The first kappa shape index (κ1) is 30.0. The normalized spacial score (nSPS) is 34.4. The Morgan fingerprint density at radius 3 is 2.41 bits per heavy atom. The van der Waals surface area contributed by atoms with Gasteiger partial charge in [0.05, 0.1) is 0 Å². The average molecular weight is 557 g/mol. The van der Waals surface area contributed by atoms with Gasteiger partial charge in [-0.05, 0) is 67.3 Å². The molecule has 0 amide bonds. The first-order valence-corrected chi connectivity index (χ1v) is 17.5. The van der Waals surface area contributed by atoms with Crippen LogP contribution >= 0.6 is 0 Å². The number of fused-ring (bicyclic) bond motifs is 4. The van der Waals surface area contributed by atoms with Gasteiger partial charge in [-0.1, -0.05) is 71.9 Å². The lowest BCUT2D eigenvalue weighted by atomic mass is 9.69. The van der Waals surface area contributed by atoms with Crippen molar-refractivity contribution in [1.29, 1.82) is 0 Å². The lowest BCUT2D eigenvalue weighted by Gasteiger charge is -2.52. The predicted molar refractivity (Wildman–Crippen MR) is 155 cm³/mol. The van der Waals surface area contributed by atoms with Crippen LogP contribution in [0.2, 0.25) is 18.1 Å². The SMILES string of the molecule is CC(C)[C@@]12C[C@@H](OC(=O)CO[Si](C)(C)C(C)(C)C)[C@@](C)(O1)[C@@H]1CC[C@@H](C)[C@H]1[C@@H]2OC(=O)/C=C/c1ccccc1. The van der Waals surface area contributed by atoms with Crippen molar-refractivity contribution in [3.8, 4) is 0 Å². The molecule has 0 spiro atoms. The molecule has 0 radical (unpaired) electrons. The standard InChI is InChI=1S/C32H48O6Si/c1-21(2)32-19-25(36-27(34)20-35-39(8,9)30(4,5)6)31(7,38-32)24-17-15-22(3)28(24)29(32)37-26(33)18-16-23-13-11-10-12-14-23/h10-14,16,18,21-22,24-25,28-29H,15,17,19-20H2,1-9H3/b18-16+/t22-,24-,25-,28-,29+,31+,32-/m1/s1. The van der Waals surface area contributed by atoms with Gasteiger partial charge in [0.15, 0.2) is 8.32 Å². The van der Waals surface area contributed by atoms with Crippen LogP contribution in [0.25, 0.3) is 6.08 Å². The van der Waals surface area contributed by atoms with Crippen molar-refractivity contribution < 1.29 is 28.2 Å². The number of ether oxygens (including phenoxy) is 3. The largest absolute Gasteiger partial charge is 0.458 e. The van der Waals surface area contributed by atoms with Gasteiger partial charge in [0, 0.05) is 18.4 Å². The monoisotopic (exact) mass is 556 g/mol. The van der Waals surface area contributed by atoms with Crippen LogP contribution in [0, 0.1) is 23.7 Å². The summed E-state index contributed by atoms with van der Waals surface area (Å²) in [6.07, 6.45) is 4.97. The number of carbonyl (C=O) groups is 2. The molecule has 1 aliphatic carbocycles. The fraction of sp³-hybridized carbons (Fsp3) is 0.688. The summed E-state index contributed by atoms with van der Waals surface area (Å²) >= 11 is 0. The highest BCUT2D eigenvalue weighted by atomic mass is 28.4. The van der Waals surface area contributed by atoms with Crippen molar-refractivity contribution in [1.82, 2.24) is 0 Å². The van der Waals surface area contributed by atoms with E-state index in [2.05, 4.69) is 61.6 Å². The molecule has 39 heavy (non-hydrogen) atoms. The third-order valence-electron chi connectivity index (χ3n) is 10.2. The molecule has 2 saturated heterocycles. The summed E-state index contributed by atoms with van der Waals surface area (Å²) in [5.74, 6) is 0.0155. The Morgan fingerprint density at radius 2 is 1.79 bits per heavy atom. The summed E-state index contributed by atoms with van der Waals surface area (Å²) in [6, 6.07) is 9.74. The molecule has 4 rings (SSSR count). The maximum atomic E-state index is 13.2. The van der Waals surface area contributed by atoms with E-state index in [1.54, 1.807) is 6.08 Å². The van der Waals surface area contributed by atoms with Crippen molar-refractivity contribution >= 4 is 26.3 Å². The summed E-state index contributed by atoms with van der Waals surface area (Å²) in [7, 11) is -2.09. The molecule has 0 N–H and O–H groups in total. The summed E-state index contributed by atoms with van der Waals surface area (Å²) in [5.41, 5.74) is -0.411. The molecule has 1 aromatic carbocycles. The molecule has 2 heterocycles. The van der Waals surface area contributed by atoms with Crippen LogP contribution in [0.15, 0.2) is 36.4 Å². The van der Waals surface area contributed by atoms with E-state index >= 15 is 0 Å². The molecular formula is C32H48O6Si. The molecule has 0 unspecified atom stereocenters. The van der Waals surface area contributed by atoms with Crippen LogP contribution in [0.5, 0.6) is 0 Å². The second-order valence-electron chi connectivity index (χ2n) is 14.0. The highest BCUT2D eigenvalue weighted by Crippen LogP contribution is 2.63. The number of benzene rings is 1. The molecule has 7 atom stereocenters. The van der Waals surface area contributed by atoms with E-state index in [1.165, 1.54) is 6.08 Å². The van der Waals surface area contributed by atoms with E-state index in [0.29, 0.717) is 12.3 Å². The first-order valence-electron chi connectivity index (χ1n) is 14.6. The maximum absolute atomic E-state index is 13.2. The Labute approximate surface area is 235 Å². The van der Waals surface area contributed by atoms with Crippen LogP contribution in [0.3, 0.4) is 0 Å². The Hall–Kier alpha value is -1.96. The fourth-order valence-electron chi connectivity index (χ4n) is 6.79. The number of hydrogen-bond donors (Lipinski definition) is 0. The maximum Gasteiger partial charge on any atom is 0.331 e. The molecular weight excluding hydrogens is 508 g/mol. The van der Waals surface area contributed by atoms with Gasteiger partial charge in [-0.25, -0.2) is 9.59 Å². The molecule has 0 aromatic heterocycles. The van der Waals surface area contributed by atoms with Gasteiger partial charge in [0.1, 0.15) is 30.0 Å². The zero-order chi connectivity index (χ0) is 28.8. The minimum atomic E-state index is -2.09. The topological polar surface area (TPSA) is 71.1 Å². The van der Waals surface area contributed by atoms with Gasteiger partial charge in [0.25, 0.3) is 0 Å². The van der Waals surface area contributed by atoms with E-state index in [1.807, 2.05) is 30.3 Å². The number of esters is 2. The molecule has 2 bridgehead atoms. The summed E-state index contributed by atoms with van der Waals surface area (Å²) in [6.45, 7) is 19.3.